The summed E-state index contributed by atoms with van der Waals surface area (Å²) in [5, 5.41) is 0. The van der Waals surface area contributed by atoms with Gasteiger partial charge in [-0.05, 0) is 12.1 Å². The maximum Gasteiger partial charge on any atom is 0.165 e. The van der Waals surface area contributed by atoms with Gasteiger partial charge in [0.1, 0.15) is 5.75 Å². The quantitative estimate of drug-likeness (QED) is 0.327. The summed E-state index contributed by atoms with van der Waals surface area (Å²) in [6.07, 6.45) is -0.704. The summed E-state index contributed by atoms with van der Waals surface area (Å²) < 4.78 is 5.94. The Bertz CT molecular complexity index is 867. The van der Waals surface area contributed by atoms with E-state index in [1.165, 1.54) is 0 Å². The molecule has 2 aromatic rings. The second-order valence-electron chi connectivity index (χ2n) is 5.65. The molecule has 1 aliphatic rings. The molecule has 0 fully saturated rings. The number of benzene rings is 2. The fraction of sp³-hybridized carbons (Fsp3) is 0.0667. The molecule has 0 spiro atoms. The molecule has 9 heteroatoms. The highest BCUT2D eigenvalue weighted by Gasteiger charge is 2.30. The van der Waals surface area contributed by atoms with E-state index in [2.05, 4.69) is 0 Å². The third-order valence-electron chi connectivity index (χ3n) is 4.08. The number of ether oxygens (including phenoxy) is 1. The molecule has 3 rings (SSSR count). The van der Waals surface area contributed by atoms with Crippen LogP contribution in [0.5, 0.6) is 5.75 Å². The third-order valence-corrected chi connectivity index (χ3v) is 4.08. The van der Waals surface area contributed by atoms with Gasteiger partial charge in [0.15, 0.2) is 6.10 Å². The molecule has 0 amide bonds. The minimum absolute atomic E-state index is 0.222. The van der Waals surface area contributed by atoms with E-state index in [1.807, 2.05) is 0 Å². The highest BCUT2D eigenvalue weighted by atomic mass is 16.5. The Hall–Kier alpha value is -3.62. The molecule has 0 aliphatic carbocycles. The number of nitrogens with two attached hydrogens (primary N) is 8. The van der Waals surface area contributed by atoms with Crippen molar-refractivity contribution in [2.45, 2.75) is 6.10 Å². The predicted octanol–water partition coefficient (Wildman–Crippen LogP) is -0.101. The van der Waals surface area contributed by atoms with E-state index in [0.717, 1.165) is 0 Å². The minimum Gasteiger partial charge on any atom is -0.479 e. The fourth-order valence-corrected chi connectivity index (χ4v) is 2.68. The van der Waals surface area contributed by atoms with Crippen molar-refractivity contribution in [2.75, 3.05) is 34.4 Å². The highest BCUT2D eigenvalue weighted by molar-refractivity contribution is 5.92. The van der Waals surface area contributed by atoms with Gasteiger partial charge in [0.2, 0.25) is 0 Å². The predicted molar refractivity (Wildman–Crippen MR) is 98.0 cm³/mol. The summed E-state index contributed by atoms with van der Waals surface area (Å²) in [4.78, 5) is 0. The van der Waals surface area contributed by atoms with Crippen molar-refractivity contribution >= 4 is 39.8 Å². The maximum atomic E-state index is 6.15. The molecule has 1 aliphatic heterocycles. The number of fused-ring (bicyclic) bond motifs is 1. The molecule has 1 unspecified atom stereocenters. The third kappa shape index (κ3) is 2.02. The number of nitrogen functional groups attached to an aromatic ring is 6. The van der Waals surface area contributed by atoms with Gasteiger partial charge in [0.25, 0.3) is 0 Å². The van der Waals surface area contributed by atoms with E-state index in [-0.39, 0.29) is 28.5 Å². The van der Waals surface area contributed by atoms with Gasteiger partial charge in [-0.1, -0.05) is 0 Å². The summed E-state index contributed by atoms with van der Waals surface area (Å²) in [6, 6.07) is 4.81. The lowest BCUT2D eigenvalue weighted by Gasteiger charge is -2.30. The van der Waals surface area contributed by atoms with Gasteiger partial charge in [-0.15, -0.1) is 0 Å². The summed E-state index contributed by atoms with van der Waals surface area (Å²) in [5.41, 5.74) is 50.7. The van der Waals surface area contributed by atoms with Crippen molar-refractivity contribution in [3.63, 3.8) is 0 Å². The molecule has 1 heterocycles. The van der Waals surface area contributed by atoms with Crippen LogP contribution in [-0.2, 0) is 0 Å². The summed E-state index contributed by atoms with van der Waals surface area (Å²) >= 11 is 0. The average molecular weight is 328 g/mol. The Morgan fingerprint density at radius 2 is 1.21 bits per heavy atom. The Kier molecular flexibility index (Phi) is 3.15. The van der Waals surface area contributed by atoms with Crippen LogP contribution >= 0.6 is 0 Å². The second kappa shape index (κ2) is 4.95. The van der Waals surface area contributed by atoms with Crippen molar-refractivity contribution in [2.24, 2.45) is 11.5 Å². The van der Waals surface area contributed by atoms with Gasteiger partial charge in [-0.3, -0.25) is 0 Å². The molecule has 0 saturated heterocycles. The zero-order valence-corrected chi connectivity index (χ0v) is 12.8. The first kappa shape index (κ1) is 15.3. The van der Waals surface area contributed by atoms with E-state index in [9.17, 15) is 0 Å². The van der Waals surface area contributed by atoms with E-state index in [4.69, 9.17) is 50.6 Å². The SMILES string of the molecule is NC1=C(N)C(c2cc(N)c(N)c(N)c2)Oc2cc(N)c(N)c(N)c21. The summed E-state index contributed by atoms with van der Waals surface area (Å²) in [6.45, 7) is 0. The monoisotopic (exact) mass is 328 g/mol. The smallest absolute Gasteiger partial charge is 0.165 e. The van der Waals surface area contributed by atoms with Crippen LogP contribution in [-0.4, -0.2) is 0 Å². The molecule has 0 radical (unpaired) electrons. The topological polar surface area (TPSA) is 217 Å². The number of rotatable bonds is 1. The van der Waals surface area contributed by atoms with Gasteiger partial charge in [-0.25, -0.2) is 0 Å². The van der Waals surface area contributed by atoms with Crippen LogP contribution in [0.25, 0.3) is 5.70 Å². The van der Waals surface area contributed by atoms with E-state index in [1.54, 1.807) is 18.2 Å². The van der Waals surface area contributed by atoms with Crippen LogP contribution in [0.1, 0.15) is 17.2 Å². The molecule has 9 nitrogen and oxygen atoms in total. The van der Waals surface area contributed by atoms with E-state index < -0.39 is 6.10 Å². The van der Waals surface area contributed by atoms with Crippen molar-refractivity contribution in [3.05, 3.63) is 35.0 Å². The summed E-state index contributed by atoms with van der Waals surface area (Å²) in [5.74, 6) is 0.380. The van der Waals surface area contributed by atoms with Crippen LogP contribution in [0.4, 0.5) is 34.1 Å². The van der Waals surface area contributed by atoms with Crippen LogP contribution in [0.2, 0.25) is 0 Å². The Morgan fingerprint density at radius 3 is 1.79 bits per heavy atom. The van der Waals surface area contributed by atoms with E-state index in [0.29, 0.717) is 33.9 Å². The van der Waals surface area contributed by atoms with Crippen LogP contribution in [0.15, 0.2) is 23.9 Å². The highest BCUT2D eigenvalue weighted by Crippen LogP contribution is 2.45. The molecule has 126 valence electrons. The number of hydrogen-bond acceptors (Lipinski definition) is 9. The first-order chi connectivity index (χ1) is 11.2. The first-order valence-corrected chi connectivity index (χ1v) is 7.06. The molecule has 0 saturated carbocycles. The lowest BCUT2D eigenvalue weighted by Crippen LogP contribution is -2.26. The molecular weight excluding hydrogens is 308 g/mol. The minimum atomic E-state index is -0.704. The normalized spacial score (nSPS) is 16.6. The van der Waals surface area contributed by atoms with Crippen molar-refractivity contribution in [1.29, 1.82) is 0 Å². The van der Waals surface area contributed by atoms with Gasteiger partial charge < -0.3 is 50.6 Å². The molecule has 24 heavy (non-hydrogen) atoms. The zero-order chi connectivity index (χ0) is 17.8. The number of hydrogen-bond donors (Lipinski definition) is 8. The lowest BCUT2D eigenvalue weighted by atomic mass is 9.95. The largest absolute Gasteiger partial charge is 0.479 e. The van der Waals surface area contributed by atoms with Gasteiger partial charge in [0.05, 0.1) is 51.1 Å². The fourth-order valence-electron chi connectivity index (χ4n) is 2.68. The Morgan fingerprint density at radius 1 is 0.667 bits per heavy atom. The van der Waals surface area contributed by atoms with Crippen LogP contribution in [0, 0.1) is 0 Å². The standard InChI is InChI=1S/C15H20N8O/c16-5-1-4(2-6(17)10(5)19)15-14(23)13(22)9-8(24-15)3-7(18)11(20)12(9)21/h1-3,15H,16-23H2. The van der Waals surface area contributed by atoms with Crippen LogP contribution < -0.4 is 50.6 Å². The molecule has 16 N–H and O–H groups in total. The molecule has 1 atom stereocenters. The number of anilines is 6. The summed E-state index contributed by atoms with van der Waals surface area (Å²) in [7, 11) is 0. The molecular formula is C15H20N8O. The molecule has 0 aromatic heterocycles. The van der Waals surface area contributed by atoms with Gasteiger partial charge in [0, 0.05) is 11.6 Å². The molecule has 2 aromatic carbocycles. The first-order valence-electron chi connectivity index (χ1n) is 7.06. The van der Waals surface area contributed by atoms with Crippen molar-refractivity contribution in [1.82, 2.24) is 0 Å². The van der Waals surface area contributed by atoms with E-state index >= 15 is 0 Å². The zero-order valence-electron chi connectivity index (χ0n) is 12.8. The van der Waals surface area contributed by atoms with Crippen molar-refractivity contribution < 1.29 is 4.74 Å². The van der Waals surface area contributed by atoms with Crippen molar-refractivity contribution in [3.8, 4) is 5.75 Å². The Balaban J connectivity index is 2.18. The molecule has 0 bridgehead atoms. The second-order valence-corrected chi connectivity index (χ2v) is 5.65. The van der Waals surface area contributed by atoms with Gasteiger partial charge in [-0.2, -0.15) is 0 Å². The maximum absolute atomic E-state index is 6.15. The lowest BCUT2D eigenvalue weighted by molar-refractivity contribution is 0.236. The average Bonchev–Trinajstić information content (AvgIpc) is 2.53. The van der Waals surface area contributed by atoms with Gasteiger partial charge >= 0.3 is 0 Å². The Labute approximate surface area is 138 Å². The van der Waals surface area contributed by atoms with Crippen LogP contribution in [0.3, 0.4) is 0 Å².